The van der Waals surface area contributed by atoms with Crippen LogP contribution in [-0.4, -0.2) is 52.7 Å². The lowest BCUT2D eigenvalue weighted by Crippen LogP contribution is -2.15. The fraction of sp³-hybridized carbons (Fsp3) is 0.333. The summed E-state index contributed by atoms with van der Waals surface area (Å²) in [6, 6.07) is 0. The second-order valence-electron chi connectivity index (χ2n) is 1.32. The Labute approximate surface area is 77.8 Å². The van der Waals surface area contributed by atoms with E-state index in [2.05, 4.69) is 0 Å². The zero-order valence-electron chi connectivity index (χ0n) is 6.87. The van der Waals surface area contributed by atoms with Crippen molar-refractivity contribution in [2.45, 2.75) is 0 Å². The minimum atomic E-state index is -1.59. The Morgan fingerprint density at radius 2 is 1.50 bits per heavy atom. The monoisotopic (exact) mass is 208 g/mol. The molecule has 0 aromatic rings. The first kappa shape index (κ1) is 18.0. The number of carbonyl (C=O) groups excluding carboxylic acids is 4. The van der Waals surface area contributed by atoms with Crippen LogP contribution in [0, 0.1) is 0 Å². The number of aliphatic hydroxyl groups is 2. The van der Waals surface area contributed by atoms with Gasteiger partial charge in [-0.15, -0.1) is 0 Å². The number of carbonyl (C=O) groups is 3. The number of carboxylic acid groups (broad SMARTS) is 1. The third-order valence-corrected chi connectivity index (χ3v) is 0.457. The molecule has 8 heteroatoms. The standard InChI is InChI=1S/C3H4O4.C2H4O2.CO2/c4-1-2(5)3(6)7;3-1-2-4;2-1-3/h4H,1H2,(H,6,7);1,4H,2H2;. The predicted molar refractivity (Wildman–Crippen MR) is 37.9 cm³/mol. The van der Waals surface area contributed by atoms with Crippen molar-refractivity contribution in [3.05, 3.63) is 0 Å². The van der Waals surface area contributed by atoms with Gasteiger partial charge in [0.15, 0.2) is 0 Å². The van der Waals surface area contributed by atoms with Crippen LogP contribution in [0.15, 0.2) is 0 Å². The van der Waals surface area contributed by atoms with Crippen LogP contribution in [0.2, 0.25) is 0 Å². The number of rotatable bonds is 3. The smallest absolute Gasteiger partial charge is 0.374 e. The summed E-state index contributed by atoms with van der Waals surface area (Å²) in [7, 11) is 0. The number of aliphatic hydroxyl groups excluding tert-OH is 2. The number of carboxylic acids is 1. The van der Waals surface area contributed by atoms with Gasteiger partial charge in [-0.3, -0.25) is 4.79 Å². The van der Waals surface area contributed by atoms with Gasteiger partial charge in [-0.25, -0.2) is 4.79 Å². The Kier molecular flexibility index (Phi) is 22.2. The van der Waals surface area contributed by atoms with Crippen molar-refractivity contribution in [2.75, 3.05) is 13.2 Å². The molecule has 0 radical (unpaired) electrons. The van der Waals surface area contributed by atoms with Gasteiger partial charge >= 0.3 is 12.1 Å². The second kappa shape index (κ2) is 17.3. The van der Waals surface area contributed by atoms with E-state index in [1.807, 2.05) is 0 Å². The number of aliphatic carboxylic acids is 1. The summed E-state index contributed by atoms with van der Waals surface area (Å²) in [4.78, 5) is 44.3. The summed E-state index contributed by atoms with van der Waals surface area (Å²) in [6.07, 6.45) is 0.681. The molecular formula is C6H8O8. The maximum atomic E-state index is 9.66. The zero-order valence-corrected chi connectivity index (χ0v) is 6.87. The molecule has 0 fully saturated rings. The van der Waals surface area contributed by atoms with Crippen LogP contribution in [0.1, 0.15) is 0 Å². The highest BCUT2D eigenvalue weighted by Crippen LogP contribution is 1.65. The fourth-order valence-electron chi connectivity index (χ4n) is 0.0676. The third kappa shape index (κ3) is 32.1. The Morgan fingerprint density at radius 3 is 1.50 bits per heavy atom. The van der Waals surface area contributed by atoms with Crippen molar-refractivity contribution >= 4 is 24.2 Å². The van der Waals surface area contributed by atoms with E-state index in [4.69, 9.17) is 29.7 Å². The van der Waals surface area contributed by atoms with Crippen molar-refractivity contribution in [1.82, 2.24) is 0 Å². The number of hydrogen-bond donors (Lipinski definition) is 3. The van der Waals surface area contributed by atoms with Crippen LogP contribution in [-0.2, 0) is 24.0 Å². The molecule has 0 amide bonds. The number of hydrogen-bond acceptors (Lipinski definition) is 7. The topological polar surface area (TPSA) is 146 Å². The van der Waals surface area contributed by atoms with Crippen LogP contribution in [0.5, 0.6) is 0 Å². The van der Waals surface area contributed by atoms with Crippen molar-refractivity contribution in [1.29, 1.82) is 0 Å². The summed E-state index contributed by atoms with van der Waals surface area (Å²) >= 11 is 0. The largest absolute Gasteiger partial charge is 0.475 e. The first-order valence-corrected chi connectivity index (χ1v) is 2.92. The molecule has 80 valence electrons. The highest BCUT2D eigenvalue weighted by Gasteiger charge is 2.06. The van der Waals surface area contributed by atoms with Gasteiger partial charge in [0.2, 0.25) is 0 Å². The molecule has 0 rings (SSSR count). The SMILES string of the molecule is O=C(O)C(=O)CO.O=C=O.O=CCO. The summed E-state index contributed by atoms with van der Waals surface area (Å²) < 4.78 is 0. The van der Waals surface area contributed by atoms with Crippen LogP contribution >= 0.6 is 0 Å². The number of aldehydes is 1. The second-order valence-corrected chi connectivity index (χ2v) is 1.32. The maximum Gasteiger partial charge on any atom is 0.374 e. The molecule has 8 nitrogen and oxygen atoms in total. The highest BCUT2D eigenvalue weighted by molar-refractivity contribution is 6.33. The zero-order chi connectivity index (χ0) is 12.0. The average Bonchev–Trinajstić information content (AvgIpc) is 2.18. The molecule has 0 unspecified atom stereocenters. The Hall–Kier alpha value is -1.89. The molecule has 0 aliphatic rings. The first-order chi connectivity index (χ1) is 6.51. The van der Waals surface area contributed by atoms with Crippen molar-refractivity contribution in [2.24, 2.45) is 0 Å². The van der Waals surface area contributed by atoms with Crippen LogP contribution in [0.4, 0.5) is 0 Å². The molecule has 0 aliphatic carbocycles. The molecule has 14 heavy (non-hydrogen) atoms. The molecule has 0 aromatic carbocycles. The van der Waals surface area contributed by atoms with Crippen molar-refractivity contribution < 1.29 is 39.3 Å². The normalized spacial score (nSPS) is 6.43. The summed E-state index contributed by atoms with van der Waals surface area (Å²) in [5.41, 5.74) is 0. The lowest BCUT2D eigenvalue weighted by Gasteiger charge is -1.80. The van der Waals surface area contributed by atoms with Crippen molar-refractivity contribution in [3.63, 3.8) is 0 Å². The van der Waals surface area contributed by atoms with Gasteiger partial charge in [-0.2, -0.15) is 9.59 Å². The molecule has 0 spiro atoms. The number of ketones is 1. The van der Waals surface area contributed by atoms with Gasteiger partial charge < -0.3 is 20.1 Å². The Balaban J connectivity index is -0.000000147. The van der Waals surface area contributed by atoms with Gasteiger partial charge in [-0.05, 0) is 0 Å². The average molecular weight is 208 g/mol. The van der Waals surface area contributed by atoms with E-state index < -0.39 is 18.4 Å². The predicted octanol–water partition coefficient (Wildman–Crippen LogP) is -2.77. The van der Waals surface area contributed by atoms with E-state index in [9.17, 15) is 9.59 Å². The maximum absolute atomic E-state index is 9.66. The molecule has 0 heterocycles. The lowest BCUT2D eigenvalue weighted by molar-refractivity contribution is -0.191. The van der Waals surface area contributed by atoms with Gasteiger partial charge in [0, 0.05) is 0 Å². The molecular weight excluding hydrogens is 200 g/mol. The first-order valence-electron chi connectivity index (χ1n) is 2.92. The van der Waals surface area contributed by atoms with E-state index in [-0.39, 0.29) is 12.8 Å². The van der Waals surface area contributed by atoms with Crippen LogP contribution in [0.25, 0.3) is 0 Å². The molecule has 0 aliphatic heterocycles. The van der Waals surface area contributed by atoms with E-state index in [1.54, 1.807) is 0 Å². The summed E-state index contributed by atoms with van der Waals surface area (Å²) in [5.74, 6) is -2.78. The highest BCUT2D eigenvalue weighted by atomic mass is 16.4. The number of Topliss-reactive ketones (excluding diaryl/α,β-unsaturated/α-hetero) is 1. The van der Waals surface area contributed by atoms with Gasteiger partial charge in [-0.1, -0.05) is 0 Å². The van der Waals surface area contributed by atoms with E-state index >= 15 is 0 Å². The van der Waals surface area contributed by atoms with Crippen molar-refractivity contribution in [3.8, 4) is 0 Å². The van der Waals surface area contributed by atoms with Crippen LogP contribution < -0.4 is 0 Å². The molecule has 0 saturated carbocycles. The van der Waals surface area contributed by atoms with Gasteiger partial charge in [0.05, 0.1) is 6.61 Å². The van der Waals surface area contributed by atoms with Gasteiger partial charge in [0.25, 0.3) is 5.78 Å². The quantitative estimate of drug-likeness (QED) is 0.333. The molecule has 0 bridgehead atoms. The molecule has 3 N–H and O–H groups in total. The van der Waals surface area contributed by atoms with E-state index in [1.165, 1.54) is 0 Å². The minimum absolute atomic E-state index is 0.250. The minimum Gasteiger partial charge on any atom is -0.475 e. The molecule has 0 saturated heterocycles. The molecule has 0 atom stereocenters. The summed E-state index contributed by atoms with van der Waals surface area (Å²) in [6.45, 7) is -1.28. The summed E-state index contributed by atoms with van der Waals surface area (Å²) in [5, 5.41) is 23.0. The molecule has 0 aromatic heterocycles. The third-order valence-electron chi connectivity index (χ3n) is 0.457. The Bertz CT molecular complexity index is 202. The van der Waals surface area contributed by atoms with Gasteiger partial charge in [0.1, 0.15) is 12.9 Å². The Morgan fingerprint density at radius 1 is 1.21 bits per heavy atom. The lowest BCUT2D eigenvalue weighted by atomic mass is 10.4. The van der Waals surface area contributed by atoms with E-state index in [0.29, 0.717) is 6.29 Å². The van der Waals surface area contributed by atoms with Crippen LogP contribution in [0.3, 0.4) is 0 Å². The fourth-order valence-corrected chi connectivity index (χ4v) is 0.0676. The van der Waals surface area contributed by atoms with E-state index in [0.717, 1.165) is 0 Å².